The molecule has 8 heteroatoms. The molecule has 30 heavy (non-hydrogen) atoms. The molecule has 158 valence electrons. The number of halogens is 2. The molecule has 2 heterocycles. The molecular formula is C22H23Cl2N3O2S. The molecule has 1 atom stereocenters. The minimum Gasteiger partial charge on any atom is -0.323 e. The normalized spacial score (nSPS) is 16.5. The van der Waals surface area contributed by atoms with E-state index in [1.165, 1.54) is 15.8 Å². The number of aromatic nitrogens is 2. The van der Waals surface area contributed by atoms with Gasteiger partial charge >= 0.3 is 0 Å². The quantitative estimate of drug-likeness (QED) is 0.553. The van der Waals surface area contributed by atoms with Crippen LogP contribution in [0.5, 0.6) is 0 Å². The van der Waals surface area contributed by atoms with Crippen LogP contribution in [0, 0.1) is 11.3 Å². The topological polar surface area (TPSA) is 64.0 Å². The highest BCUT2D eigenvalue weighted by molar-refractivity contribution is 7.18. The Morgan fingerprint density at radius 3 is 2.83 bits per heavy atom. The fraction of sp³-hybridized carbons (Fsp3) is 0.409. The van der Waals surface area contributed by atoms with Gasteiger partial charge in [0.25, 0.3) is 5.56 Å². The van der Waals surface area contributed by atoms with Gasteiger partial charge in [0.1, 0.15) is 11.4 Å². The number of nitrogens with zero attached hydrogens (tertiary/aromatic N) is 2. The van der Waals surface area contributed by atoms with E-state index >= 15 is 0 Å². The van der Waals surface area contributed by atoms with E-state index in [0.29, 0.717) is 27.0 Å². The number of rotatable bonds is 3. The predicted molar refractivity (Wildman–Crippen MR) is 124 cm³/mol. The van der Waals surface area contributed by atoms with Gasteiger partial charge in [0.2, 0.25) is 5.91 Å². The maximum Gasteiger partial charge on any atom is 0.262 e. The summed E-state index contributed by atoms with van der Waals surface area (Å²) in [6, 6.07) is 4.83. The second-order valence-corrected chi connectivity index (χ2v) is 10.8. The average Bonchev–Trinajstić information content (AvgIpc) is 3.04. The highest BCUT2D eigenvalue weighted by Crippen LogP contribution is 2.41. The Bertz CT molecular complexity index is 1190. The van der Waals surface area contributed by atoms with Crippen molar-refractivity contribution < 1.29 is 4.79 Å². The molecule has 0 radical (unpaired) electrons. The van der Waals surface area contributed by atoms with Crippen LogP contribution in [0.4, 0.5) is 5.69 Å². The number of amides is 1. The molecule has 0 unspecified atom stereocenters. The molecule has 3 aromatic rings. The molecule has 0 spiro atoms. The van der Waals surface area contributed by atoms with Gasteiger partial charge in [-0.1, -0.05) is 44.0 Å². The Balaban J connectivity index is 1.61. The van der Waals surface area contributed by atoms with E-state index in [4.69, 9.17) is 23.2 Å². The first kappa shape index (κ1) is 21.3. The van der Waals surface area contributed by atoms with Crippen molar-refractivity contribution in [2.24, 2.45) is 11.3 Å². The zero-order valence-electron chi connectivity index (χ0n) is 17.1. The van der Waals surface area contributed by atoms with Gasteiger partial charge in [-0.2, -0.15) is 0 Å². The lowest BCUT2D eigenvalue weighted by atomic mass is 9.72. The summed E-state index contributed by atoms with van der Waals surface area (Å²) in [6.07, 6.45) is 4.37. The first-order valence-electron chi connectivity index (χ1n) is 9.88. The van der Waals surface area contributed by atoms with Crippen LogP contribution in [-0.4, -0.2) is 15.5 Å². The lowest BCUT2D eigenvalue weighted by Gasteiger charge is -2.33. The molecular weight excluding hydrogens is 441 g/mol. The zero-order valence-corrected chi connectivity index (χ0v) is 19.4. The molecule has 0 bridgehead atoms. The van der Waals surface area contributed by atoms with E-state index in [0.717, 1.165) is 29.7 Å². The number of aryl methyl sites for hydroxylation is 1. The summed E-state index contributed by atoms with van der Waals surface area (Å²) >= 11 is 13.7. The highest BCUT2D eigenvalue weighted by Gasteiger charge is 2.31. The molecule has 0 aliphatic heterocycles. The van der Waals surface area contributed by atoms with Gasteiger partial charge in [-0.25, -0.2) is 4.98 Å². The van der Waals surface area contributed by atoms with Crippen LogP contribution in [-0.2, 0) is 24.2 Å². The third-order valence-electron chi connectivity index (χ3n) is 5.78. The van der Waals surface area contributed by atoms with E-state index < -0.39 is 0 Å². The summed E-state index contributed by atoms with van der Waals surface area (Å²) in [5.74, 6) is 0.229. The van der Waals surface area contributed by atoms with Crippen molar-refractivity contribution in [2.75, 3.05) is 5.32 Å². The fourth-order valence-electron chi connectivity index (χ4n) is 3.99. The number of carbonyl (C=O) groups excluding carboxylic acids is 1. The van der Waals surface area contributed by atoms with Crippen molar-refractivity contribution in [3.8, 4) is 0 Å². The second kappa shape index (κ2) is 7.98. The number of anilines is 1. The first-order valence-corrected chi connectivity index (χ1v) is 11.5. The third-order valence-corrected chi connectivity index (χ3v) is 7.50. The number of hydrogen-bond donors (Lipinski definition) is 1. The van der Waals surface area contributed by atoms with Gasteiger partial charge in [0, 0.05) is 9.90 Å². The van der Waals surface area contributed by atoms with E-state index in [-0.39, 0.29) is 23.4 Å². The highest BCUT2D eigenvalue weighted by atomic mass is 35.5. The molecule has 1 aliphatic carbocycles. The largest absolute Gasteiger partial charge is 0.323 e. The molecule has 1 amide bonds. The van der Waals surface area contributed by atoms with Crippen molar-refractivity contribution in [3.63, 3.8) is 0 Å². The molecule has 0 fully saturated rings. The second-order valence-electron chi connectivity index (χ2n) is 8.84. The molecule has 2 aromatic heterocycles. The Kier molecular flexibility index (Phi) is 5.68. The van der Waals surface area contributed by atoms with Crippen LogP contribution < -0.4 is 10.9 Å². The van der Waals surface area contributed by atoms with Crippen LogP contribution in [0.3, 0.4) is 0 Å². The van der Waals surface area contributed by atoms with E-state index in [1.54, 1.807) is 29.5 Å². The van der Waals surface area contributed by atoms with Crippen molar-refractivity contribution in [1.82, 2.24) is 9.55 Å². The minimum atomic E-state index is -0.362. The molecule has 1 aliphatic rings. The number of fused-ring (bicyclic) bond motifs is 3. The summed E-state index contributed by atoms with van der Waals surface area (Å²) < 4.78 is 1.36. The Labute approximate surface area is 189 Å². The summed E-state index contributed by atoms with van der Waals surface area (Å²) in [5.41, 5.74) is 1.60. The summed E-state index contributed by atoms with van der Waals surface area (Å²) in [4.78, 5) is 32.2. The SMILES string of the molecule is CC(C)(C)[C@@H]1CCc2c(sc3ncn(CC(=O)Nc4cc(Cl)ccc4Cl)c(=O)c23)C1. The number of carbonyl (C=O) groups is 1. The average molecular weight is 464 g/mol. The van der Waals surface area contributed by atoms with Crippen LogP contribution >= 0.6 is 34.5 Å². The maximum atomic E-state index is 13.2. The lowest BCUT2D eigenvalue weighted by molar-refractivity contribution is -0.116. The summed E-state index contributed by atoms with van der Waals surface area (Å²) in [6.45, 7) is 6.67. The Morgan fingerprint density at radius 2 is 2.10 bits per heavy atom. The number of thiophene rings is 1. The van der Waals surface area contributed by atoms with Gasteiger partial charge in [-0.15, -0.1) is 11.3 Å². The monoisotopic (exact) mass is 463 g/mol. The lowest BCUT2D eigenvalue weighted by Crippen LogP contribution is -2.29. The number of nitrogens with one attached hydrogen (secondary N) is 1. The predicted octanol–water partition coefficient (Wildman–Crippen LogP) is 5.55. The van der Waals surface area contributed by atoms with E-state index in [2.05, 4.69) is 31.1 Å². The molecule has 0 saturated carbocycles. The molecule has 5 nitrogen and oxygen atoms in total. The van der Waals surface area contributed by atoms with E-state index in [1.807, 2.05) is 0 Å². The van der Waals surface area contributed by atoms with Crippen molar-refractivity contribution in [2.45, 2.75) is 46.6 Å². The third kappa shape index (κ3) is 4.13. The van der Waals surface area contributed by atoms with Crippen LogP contribution in [0.1, 0.15) is 37.6 Å². The van der Waals surface area contributed by atoms with E-state index in [9.17, 15) is 9.59 Å². The maximum absolute atomic E-state index is 13.2. The molecule has 1 aromatic carbocycles. The minimum absolute atomic E-state index is 0.139. The van der Waals surface area contributed by atoms with Gasteiger partial charge in [-0.05, 0) is 54.4 Å². The summed E-state index contributed by atoms with van der Waals surface area (Å²) in [7, 11) is 0. The van der Waals surface area contributed by atoms with Gasteiger partial charge in [0.15, 0.2) is 0 Å². The number of benzene rings is 1. The first-order chi connectivity index (χ1) is 14.1. The van der Waals surface area contributed by atoms with Gasteiger partial charge < -0.3 is 5.32 Å². The van der Waals surface area contributed by atoms with Crippen molar-refractivity contribution >= 4 is 56.3 Å². The fourth-order valence-corrected chi connectivity index (χ4v) is 5.59. The van der Waals surface area contributed by atoms with Crippen LogP contribution in [0.25, 0.3) is 10.2 Å². The molecule has 1 N–H and O–H groups in total. The smallest absolute Gasteiger partial charge is 0.262 e. The van der Waals surface area contributed by atoms with Crippen LogP contribution in [0.15, 0.2) is 29.3 Å². The Morgan fingerprint density at radius 1 is 1.33 bits per heavy atom. The van der Waals surface area contributed by atoms with Gasteiger partial charge in [-0.3, -0.25) is 14.2 Å². The van der Waals surface area contributed by atoms with Gasteiger partial charge in [0.05, 0.1) is 22.4 Å². The standard InChI is InChI=1S/C22H23Cl2N3O2S/c1-22(2,3)12-4-6-14-17(8-12)30-20-19(14)21(29)27(11-25-20)10-18(28)26-16-9-13(23)5-7-15(16)24/h5,7,9,11-12H,4,6,8,10H2,1-3H3,(H,26,28)/t12-/m1/s1. The number of hydrogen-bond acceptors (Lipinski definition) is 4. The zero-order chi connectivity index (χ0) is 21.6. The van der Waals surface area contributed by atoms with Crippen molar-refractivity contribution in [3.05, 3.63) is 55.4 Å². The van der Waals surface area contributed by atoms with Crippen molar-refractivity contribution in [1.29, 1.82) is 0 Å². The van der Waals surface area contributed by atoms with Crippen LogP contribution in [0.2, 0.25) is 10.0 Å². The molecule has 0 saturated heterocycles. The summed E-state index contributed by atoms with van der Waals surface area (Å²) in [5, 5.41) is 4.23. The Hall–Kier alpha value is -1.89. The molecule has 4 rings (SSSR count).